The first-order valence-electron chi connectivity index (χ1n) is 9.33. The first kappa shape index (κ1) is 22.1. The molecule has 2 aromatic carbocycles. The monoisotopic (exact) mass is 488 g/mol. The van der Waals surface area contributed by atoms with Crippen LogP contribution in [-0.2, 0) is 11.3 Å². The van der Waals surface area contributed by atoms with Crippen LogP contribution in [0.15, 0.2) is 58.0 Å². The maximum absolute atomic E-state index is 13.5. The maximum atomic E-state index is 13.5. The Bertz CT molecular complexity index is 1430. The van der Waals surface area contributed by atoms with Gasteiger partial charge in [0.1, 0.15) is 17.2 Å². The molecule has 0 aliphatic heterocycles. The van der Waals surface area contributed by atoms with Crippen LogP contribution in [0.2, 0.25) is 10.0 Å². The maximum Gasteiger partial charge on any atom is 0.263 e. The molecule has 1 N–H and O–H groups in total. The van der Waals surface area contributed by atoms with Gasteiger partial charge < -0.3 is 0 Å². The molecule has 2 aromatic heterocycles. The summed E-state index contributed by atoms with van der Waals surface area (Å²) in [6, 6.07) is 9.66. The minimum Gasteiger partial charge on any atom is -0.289 e. The number of nitrogens with one attached hydrogen (secondary N) is 1. The molecule has 2 heterocycles. The lowest BCUT2D eigenvalue weighted by Crippen LogP contribution is -2.30. The van der Waals surface area contributed by atoms with Gasteiger partial charge >= 0.3 is 0 Å². The van der Waals surface area contributed by atoms with Crippen LogP contribution < -0.4 is 11.0 Å². The standard InChI is InChI=1S/C22H15Cl2FN4O2S/c1-12-6-14(3-5-16(12)23)15-10-32-21-20(15)22(31)29(11-26-21)9-19(30)28-27-8-13-2-4-17(24)18(25)7-13/h2-8,10-11H,9H2,1H3,(H,28,30)/b27-8+. The summed E-state index contributed by atoms with van der Waals surface area (Å²) in [5, 5.41) is 6.73. The Kier molecular flexibility index (Phi) is 6.36. The third-order valence-electron chi connectivity index (χ3n) is 4.69. The highest BCUT2D eigenvalue weighted by atomic mass is 35.5. The number of hydrogen-bond donors (Lipinski definition) is 1. The topological polar surface area (TPSA) is 76.3 Å². The molecular formula is C22H15Cl2FN4O2S. The Balaban J connectivity index is 1.55. The minimum atomic E-state index is -0.588. The molecule has 162 valence electrons. The zero-order valence-electron chi connectivity index (χ0n) is 16.6. The molecule has 10 heteroatoms. The zero-order chi connectivity index (χ0) is 22.8. The van der Waals surface area contributed by atoms with Gasteiger partial charge in [0, 0.05) is 16.0 Å². The number of thiophene rings is 1. The molecule has 0 aliphatic rings. The van der Waals surface area contributed by atoms with Crippen molar-refractivity contribution >= 4 is 56.9 Å². The number of aromatic nitrogens is 2. The van der Waals surface area contributed by atoms with Crippen molar-refractivity contribution in [1.82, 2.24) is 15.0 Å². The summed E-state index contributed by atoms with van der Waals surface area (Å²) in [5.41, 5.74) is 4.88. The normalized spacial score (nSPS) is 11.4. The van der Waals surface area contributed by atoms with E-state index in [0.717, 1.165) is 16.7 Å². The number of nitrogens with zero attached hydrogens (tertiary/aromatic N) is 3. The van der Waals surface area contributed by atoms with Gasteiger partial charge in [0.25, 0.3) is 11.5 Å². The highest BCUT2D eigenvalue weighted by Gasteiger charge is 2.15. The molecule has 0 saturated heterocycles. The largest absolute Gasteiger partial charge is 0.289 e. The van der Waals surface area contributed by atoms with Gasteiger partial charge in [0.15, 0.2) is 0 Å². The Labute approximate surface area is 195 Å². The second kappa shape index (κ2) is 9.20. The van der Waals surface area contributed by atoms with Crippen molar-refractivity contribution in [3.05, 3.63) is 85.4 Å². The number of halogens is 3. The number of amides is 1. The van der Waals surface area contributed by atoms with E-state index in [2.05, 4.69) is 15.5 Å². The molecule has 0 spiro atoms. The van der Waals surface area contributed by atoms with Crippen LogP contribution in [0.4, 0.5) is 4.39 Å². The molecule has 0 radical (unpaired) electrons. The molecule has 1 amide bonds. The van der Waals surface area contributed by atoms with E-state index in [0.29, 0.717) is 20.8 Å². The fraction of sp³-hybridized carbons (Fsp3) is 0.0909. The fourth-order valence-corrected chi connectivity index (χ4v) is 4.21. The van der Waals surface area contributed by atoms with Crippen molar-refractivity contribution in [2.24, 2.45) is 5.10 Å². The molecule has 4 rings (SSSR count). The number of fused-ring (bicyclic) bond motifs is 1. The number of hydrogen-bond acceptors (Lipinski definition) is 5. The Morgan fingerprint density at radius 3 is 2.78 bits per heavy atom. The van der Waals surface area contributed by atoms with E-state index in [1.54, 1.807) is 12.1 Å². The molecule has 6 nitrogen and oxygen atoms in total. The first-order valence-corrected chi connectivity index (χ1v) is 11.0. The summed E-state index contributed by atoms with van der Waals surface area (Å²) in [4.78, 5) is 30.2. The molecule has 0 fully saturated rings. The number of benzene rings is 2. The second-order valence-electron chi connectivity index (χ2n) is 6.94. The smallest absolute Gasteiger partial charge is 0.263 e. The zero-order valence-corrected chi connectivity index (χ0v) is 18.9. The predicted molar refractivity (Wildman–Crippen MR) is 126 cm³/mol. The van der Waals surface area contributed by atoms with Crippen LogP contribution in [0, 0.1) is 12.7 Å². The lowest BCUT2D eigenvalue weighted by molar-refractivity contribution is -0.121. The van der Waals surface area contributed by atoms with Crippen LogP contribution in [-0.4, -0.2) is 21.7 Å². The van der Waals surface area contributed by atoms with Crippen LogP contribution in [0.1, 0.15) is 11.1 Å². The first-order chi connectivity index (χ1) is 15.3. The number of aryl methyl sites for hydroxylation is 1. The third kappa shape index (κ3) is 4.57. The molecule has 0 unspecified atom stereocenters. The Morgan fingerprint density at radius 2 is 2.03 bits per heavy atom. The average Bonchev–Trinajstić information content (AvgIpc) is 3.19. The van der Waals surface area contributed by atoms with Crippen molar-refractivity contribution in [3.8, 4) is 11.1 Å². The summed E-state index contributed by atoms with van der Waals surface area (Å²) in [6.07, 6.45) is 2.61. The van der Waals surface area contributed by atoms with Gasteiger partial charge in [-0.1, -0.05) is 35.3 Å². The highest BCUT2D eigenvalue weighted by Crippen LogP contribution is 2.32. The summed E-state index contributed by atoms with van der Waals surface area (Å²) in [7, 11) is 0. The van der Waals surface area contributed by atoms with Crippen molar-refractivity contribution in [2.45, 2.75) is 13.5 Å². The number of hydrazone groups is 1. The fourth-order valence-electron chi connectivity index (χ4n) is 3.07. The van der Waals surface area contributed by atoms with Gasteiger partial charge in [-0.25, -0.2) is 14.8 Å². The van der Waals surface area contributed by atoms with Crippen molar-refractivity contribution in [3.63, 3.8) is 0 Å². The van der Waals surface area contributed by atoms with Crippen LogP contribution in [0.5, 0.6) is 0 Å². The van der Waals surface area contributed by atoms with E-state index >= 15 is 0 Å². The van der Waals surface area contributed by atoms with Gasteiger partial charge in [-0.05, 0) is 47.9 Å². The van der Waals surface area contributed by atoms with Gasteiger partial charge in [-0.15, -0.1) is 11.3 Å². The van der Waals surface area contributed by atoms with Gasteiger partial charge in [-0.3, -0.25) is 14.2 Å². The van der Waals surface area contributed by atoms with Crippen molar-refractivity contribution in [2.75, 3.05) is 0 Å². The molecule has 32 heavy (non-hydrogen) atoms. The summed E-state index contributed by atoms with van der Waals surface area (Å²) >= 11 is 13.1. The van der Waals surface area contributed by atoms with Gasteiger partial charge in [0.05, 0.1) is 23.0 Å². The van der Waals surface area contributed by atoms with E-state index in [9.17, 15) is 14.0 Å². The quantitative estimate of drug-likeness (QED) is 0.316. The lowest BCUT2D eigenvalue weighted by Gasteiger charge is -2.06. The molecule has 0 bridgehead atoms. The van der Waals surface area contributed by atoms with Crippen molar-refractivity contribution < 1.29 is 9.18 Å². The van der Waals surface area contributed by atoms with Gasteiger partial charge in [-0.2, -0.15) is 5.10 Å². The van der Waals surface area contributed by atoms with Crippen LogP contribution in [0.3, 0.4) is 0 Å². The van der Waals surface area contributed by atoms with E-state index in [-0.39, 0.29) is 17.1 Å². The molecule has 0 atom stereocenters. The molecule has 0 aliphatic carbocycles. The Morgan fingerprint density at radius 1 is 1.25 bits per heavy atom. The van der Waals surface area contributed by atoms with Crippen LogP contribution >= 0.6 is 34.5 Å². The number of carbonyl (C=O) groups is 1. The summed E-state index contributed by atoms with van der Waals surface area (Å²) in [6.45, 7) is 1.61. The SMILES string of the molecule is Cc1cc(-c2csc3ncn(CC(=O)N/N=C/c4ccc(Cl)c(F)c4)c(=O)c23)ccc1Cl. The number of carbonyl (C=O) groups excluding carboxylic acids is 1. The second-order valence-corrected chi connectivity index (χ2v) is 8.61. The predicted octanol–water partition coefficient (Wildman–Crippen LogP) is 5.03. The lowest BCUT2D eigenvalue weighted by atomic mass is 10.0. The van der Waals surface area contributed by atoms with Crippen molar-refractivity contribution in [1.29, 1.82) is 0 Å². The minimum absolute atomic E-state index is 0.00462. The molecular weight excluding hydrogens is 474 g/mol. The number of rotatable bonds is 5. The summed E-state index contributed by atoms with van der Waals surface area (Å²) in [5.74, 6) is -1.12. The third-order valence-corrected chi connectivity index (χ3v) is 6.31. The van der Waals surface area contributed by atoms with E-state index in [4.69, 9.17) is 23.2 Å². The average molecular weight is 489 g/mol. The summed E-state index contributed by atoms with van der Waals surface area (Å²) < 4.78 is 14.7. The Hall–Kier alpha value is -3.07. The molecule has 4 aromatic rings. The highest BCUT2D eigenvalue weighted by molar-refractivity contribution is 7.17. The van der Waals surface area contributed by atoms with Gasteiger partial charge in [0.2, 0.25) is 0 Å². The van der Waals surface area contributed by atoms with Crippen LogP contribution in [0.25, 0.3) is 21.3 Å². The van der Waals surface area contributed by atoms with E-state index in [1.807, 2.05) is 24.4 Å². The van der Waals surface area contributed by atoms with E-state index in [1.165, 1.54) is 40.6 Å². The molecule has 0 saturated carbocycles. The van der Waals surface area contributed by atoms with E-state index < -0.39 is 11.7 Å².